The van der Waals surface area contributed by atoms with Crippen molar-refractivity contribution in [2.24, 2.45) is 14.1 Å². The Morgan fingerprint density at radius 2 is 1.73 bits per heavy atom. The monoisotopic (exact) mass is 302 g/mol. The van der Waals surface area contributed by atoms with E-state index in [0.717, 1.165) is 48.3 Å². The van der Waals surface area contributed by atoms with Crippen LogP contribution in [0, 0.1) is 0 Å². The molecule has 1 N–H and O–H groups in total. The second-order valence-electron chi connectivity index (χ2n) is 5.85. The minimum atomic E-state index is -0.0543. The number of nitrogens with one attached hydrogen (secondary N) is 1. The quantitative estimate of drug-likeness (QED) is 0.941. The lowest BCUT2D eigenvalue weighted by atomic mass is 10.2. The Hall–Kier alpha value is -2.24. The van der Waals surface area contributed by atoms with Crippen molar-refractivity contribution in [1.29, 1.82) is 0 Å². The predicted molar refractivity (Wildman–Crippen MR) is 88.5 cm³/mol. The van der Waals surface area contributed by atoms with Gasteiger partial charge in [-0.2, -0.15) is 0 Å². The van der Waals surface area contributed by atoms with Gasteiger partial charge in [0.25, 0.3) is 0 Å². The topological polar surface area (TPSA) is 59.3 Å². The normalized spacial score (nSPS) is 14.8. The average Bonchev–Trinajstić information content (AvgIpc) is 3.12. The number of aromatic nitrogens is 2. The van der Waals surface area contributed by atoms with Gasteiger partial charge in [0.2, 0.25) is 5.91 Å². The SMILES string of the molecule is CCC(=O)Nc1cc2c(cc1N1CCCC1)n(C)c(=O)n2C. The van der Waals surface area contributed by atoms with E-state index in [1.807, 2.05) is 19.1 Å². The molecule has 118 valence electrons. The summed E-state index contributed by atoms with van der Waals surface area (Å²) in [5, 5.41) is 2.98. The van der Waals surface area contributed by atoms with Crippen molar-refractivity contribution in [3.63, 3.8) is 0 Å². The lowest BCUT2D eigenvalue weighted by molar-refractivity contribution is -0.115. The number of benzene rings is 1. The molecule has 6 heteroatoms. The number of imidazole rings is 1. The minimum absolute atomic E-state index is 0.0132. The molecule has 6 nitrogen and oxygen atoms in total. The average molecular weight is 302 g/mol. The number of carbonyl (C=O) groups is 1. The number of anilines is 2. The van der Waals surface area contributed by atoms with Gasteiger partial charge >= 0.3 is 5.69 Å². The molecule has 0 atom stereocenters. The summed E-state index contributed by atoms with van der Waals surface area (Å²) in [5.74, 6) is -0.0132. The molecule has 1 aliphatic rings. The van der Waals surface area contributed by atoms with E-state index < -0.39 is 0 Å². The second-order valence-corrected chi connectivity index (χ2v) is 5.85. The molecule has 1 aromatic carbocycles. The van der Waals surface area contributed by atoms with Crippen molar-refractivity contribution in [2.75, 3.05) is 23.3 Å². The highest BCUT2D eigenvalue weighted by Crippen LogP contribution is 2.33. The van der Waals surface area contributed by atoms with E-state index in [1.165, 1.54) is 0 Å². The molecular weight excluding hydrogens is 280 g/mol. The molecule has 1 aliphatic heterocycles. The van der Waals surface area contributed by atoms with Crippen LogP contribution in [0.1, 0.15) is 26.2 Å². The van der Waals surface area contributed by atoms with E-state index in [4.69, 9.17) is 0 Å². The molecule has 0 unspecified atom stereocenters. The first-order chi connectivity index (χ1) is 10.5. The highest BCUT2D eigenvalue weighted by atomic mass is 16.2. The van der Waals surface area contributed by atoms with Crippen LogP contribution < -0.4 is 15.9 Å². The molecule has 1 amide bonds. The van der Waals surface area contributed by atoms with Crippen LogP contribution in [-0.2, 0) is 18.9 Å². The zero-order chi connectivity index (χ0) is 15.9. The van der Waals surface area contributed by atoms with Gasteiger partial charge in [-0.05, 0) is 25.0 Å². The lowest BCUT2D eigenvalue weighted by Crippen LogP contribution is -2.21. The fourth-order valence-electron chi connectivity index (χ4n) is 3.09. The molecule has 2 aromatic rings. The van der Waals surface area contributed by atoms with Gasteiger partial charge in [0.15, 0.2) is 0 Å². The number of nitrogens with zero attached hydrogens (tertiary/aromatic N) is 3. The van der Waals surface area contributed by atoms with E-state index in [2.05, 4.69) is 10.2 Å². The van der Waals surface area contributed by atoms with Crippen LogP contribution in [0.4, 0.5) is 11.4 Å². The van der Waals surface area contributed by atoms with Crippen LogP contribution in [0.2, 0.25) is 0 Å². The van der Waals surface area contributed by atoms with Crippen LogP contribution in [0.15, 0.2) is 16.9 Å². The number of carbonyl (C=O) groups excluding carboxylic acids is 1. The molecular formula is C16H22N4O2. The second kappa shape index (κ2) is 5.51. The van der Waals surface area contributed by atoms with Crippen molar-refractivity contribution in [1.82, 2.24) is 9.13 Å². The van der Waals surface area contributed by atoms with Crippen LogP contribution in [-0.4, -0.2) is 28.1 Å². The van der Waals surface area contributed by atoms with Gasteiger partial charge in [-0.25, -0.2) is 4.79 Å². The van der Waals surface area contributed by atoms with Gasteiger partial charge < -0.3 is 10.2 Å². The van der Waals surface area contributed by atoms with E-state index in [0.29, 0.717) is 6.42 Å². The molecule has 3 rings (SSSR count). The van der Waals surface area contributed by atoms with Crippen molar-refractivity contribution < 1.29 is 4.79 Å². The maximum atomic E-state index is 12.1. The third-order valence-corrected chi connectivity index (χ3v) is 4.43. The first-order valence-corrected chi connectivity index (χ1v) is 7.77. The number of hydrogen-bond acceptors (Lipinski definition) is 3. The molecule has 0 bridgehead atoms. The molecule has 22 heavy (non-hydrogen) atoms. The molecule has 1 aromatic heterocycles. The third kappa shape index (κ3) is 2.28. The number of fused-ring (bicyclic) bond motifs is 1. The van der Waals surface area contributed by atoms with Gasteiger partial charge in [0, 0.05) is 33.6 Å². The summed E-state index contributed by atoms with van der Waals surface area (Å²) >= 11 is 0. The Balaban J connectivity index is 2.20. The number of amides is 1. The predicted octanol–water partition coefficient (Wildman–Crippen LogP) is 1.83. The summed E-state index contributed by atoms with van der Waals surface area (Å²) in [6.07, 6.45) is 2.76. The Bertz CT molecular complexity index is 782. The summed E-state index contributed by atoms with van der Waals surface area (Å²) in [7, 11) is 3.54. The first kappa shape index (κ1) is 14.7. The standard InChI is InChI=1S/C16H22N4O2/c1-4-15(21)17-11-9-13-14(19(3)16(22)18(13)2)10-12(11)20-7-5-6-8-20/h9-10H,4-8H2,1-3H3,(H,17,21). The van der Waals surface area contributed by atoms with Crippen molar-refractivity contribution in [3.05, 3.63) is 22.6 Å². The summed E-state index contributed by atoms with van der Waals surface area (Å²) in [4.78, 5) is 26.3. The molecule has 0 saturated carbocycles. The van der Waals surface area contributed by atoms with Crippen molar-refractivity contribution >= 4 is 28.3 Å². The Morgan fingerprint density at radius 1 is 1.14 bits per heavy atom. The summed E-state index contributed by atoms with van der Waals surface area (Å²) in [6.45, 7) is 3.81. The molecule has 2 heterocycles. The fourth-order valence-corrected chi connectivity index (χ4v) is 3.09. The van der Waals surface area contributed by atoms with Gasteiger partial charge in [0.1, 0.15) is 0 Å². The zero-order valence-corrected chi connectivity index (χ0v) is 13.3. The first-order valence-electron chi connectivity index (χ1n) is 7.77. The van der Waals surface area contributed by atoms with Crippen LogP contribution in [0.5, 0.6) is 0 Å². The van der Waals surface area contributed by atoms with E-state index in [9.17, 15) is 9.59 Å². The lowest BCUT2D eigenvalue weighted by Gasteiger charge is -2.22. The molecule has 1 fully saturated rings. The molecule has 0 aliphatic carbocycles. The van der Waals surface area contributed by atoms with Gasteiger partial charge in [-0.1, -0.05) is 6.92 Å². The van der Waals surface area contributed by atoms with E-state index >= 15 is 0 Å². The van der Waals surface area contributed by atoms with Gasteiger partial charge in [0.05, 0.1) is 22.4 Å². The van der Waals surface area contributed by atoms with Crippen molar-refractivity contribution in [2.45, 2.75) is 26.2 Å². The van der Waals surface area contributed by atoms with Crippen molar-refractivity contribution in [3.8, 4) is 0 Å². The van der Waals surface area contributed by atoms with Crippen LogP contribution in [0.25, 0.3) is 11.0 Å². The maximum absolute atomic E-state index is 12.1. The third-order valence-electron chi connectivity index (χ3n) is 4.43. The van der Waals surface area contributed by atoms with Gasteiger partial charge in [-0.15, -0.1) is 0 Å². The summed E-state index contributed by atoms with van der Waals surface area (Å²) in [6, 6.07) is 3.94. The summed E-state index contributed by atoms with van der Waals surface area (Å²) in [5.41, 5.74) is 3.47. The number of aryl methyl sites for hydroxylation is 2. The van der Waals surface area contributed by atoms with Crippen LogP contribution >= 0.6 is 0 Å². The van der Waals surface area contributed by atoms with Gasteiger partial charge in [-0.3, -0.25) is 13.9 Å². The maximum Gasteiger partial charge on any atom is 0.328 e. The molecule has 0 radical (unpaired) electrons. The zero-order valence-electron chi connectivity index (χ0n) is 13.3. The number of hydrogen-bond donors (Lipinski definition) is 1. The highest BCUT2D eigenvalue weighted by molar-refractivity contribution is 5.98. The Labute approximate surface area is 129 Å². The van der Waals surface area contributed by atoms with E-state index in [-0.39, 0.29) is 11.6 Å². The fraction of sp³-hybridized carbons (Fsp3) is 0.500. The molecule has 1 saturated heterocycles. The smallest absolute Gasteiger partial charge is 0.328 e. The largest absolute Gasteiger partial charge is 0.370 e. The summed E-state index contributed by atoms with van der Waals surface area (Å²) < 4.78 is 3.27. The number of rotatable bonds is 3. The van der Waals surface area contributed by atoms with E-state index in [1.54, 1.807) is 23.2 Å². The van der Waals surface area contributed by atoms with Crippen LogP contribution in [0.3, 0.4) is 0 Å². The Morgan fingerprint density at radius 3 is 2.32 bits per heavy atom. The Kier molecular flexibility index (Phi) is 3.68. The minimum Gasteiger partial charge on any atom is -0.370 e. The molecule has 0 spiro atoms. The highest BCUT2D eigenvalue weighted by Gasteiger charge is 2.20.